The van der Waals surface area contributed by atoms with Crippen LogP contribution in [0.15, 0.2) is 35.4 Å². The van der Waals surface area contributed by atoms with E-state index in [0.717, 1.165) is 21.2 Å². The predicted octanol–water partition coefficient (Wildman–Crippen LogP) is 4.53. The van der Waals surface area contributed by atoms with E-state index in [1.165, 1.54) is 24.2 Å². The number of benzene rings is 1. The number of rotatable bonds is 2. The molecular weight excluding hydrogens is 238 g/mol. The third-order valence-corrected chi connectivity index (χ3v) is 4.68. The Labute approximate surface area is 104 Å². The molecule has 1 aliphatic carbocycles. The number of nitrogens with zero attached hydrogens (tertiary/aromatic N) is 1. The Hall–Kier alpha value is -0.730. The summed E-state index contributed by atoms with van der Waals surface area (Å²) < 4.78 is 0. The van der Waals surface area contributed by atoms with Crippen LogP contribution in [0.25, 0.3) is 10.9 Å². The zero-order chi connectivity index (χ0) is 11.0. The largest absolute Gasteiger partial charge is 0.256 e. The highest BCUT2D eigenvalue weighted by Gasteiger charge is 2.18. The fourth-order valence-corrected chi connectivity index (χ4v) is 3.34. The molecule has 3 heteroatoms. The van der Waals surface area contributed by atoms with Crippen LogP contribution < -0.4 is 0 Å². The van der Waals surface area contributed by atoms with Crippen molar-refractivity contribution in [2.45, 2.75) is 29.4 Å². The molecule has 1 fully saturated rings. The van der Waals surface area contributed by atoms with Crippen molar-refractivity contribution in [1.29, 1.82) is 0 Å². The molecule has 0 aliphatic heterocycles. The van der Waals surface area contributed by atoms with Crippen LogP contribution in [0.5, 0.6) is 0 Å². The molecular formula is C13H12ClNS. The summed E-state index contributed by atoms with van der Waals surface area (Å²) in [7, 11) is 0. The summed E-state index contributed by atoms with van der Waals surface area (Å²) in [5.41, 5.74) is 0.977. The molecule has 0 saturated heterocycles. The highest BCUT2D eigenvalue weighted by Crippen LogP contribution is 2.37. The van der Waals surface area contributed by atoms with Gasteiger partial charge in [0.2, 0.25) is 0 Å². The van der Waals surface area contributed by atoms with Crippen molar-refractivity contribution in [2.75, 3.05) is 0 Å². The van der Waals surface area contributed by atoms with E-state index in [4.69, 9.17) is 11.6 Å². The Morgan fingerprint density at radius 2 is 2.12 bits per heavy atom. The minimum atomic E-state index is 0.793. The van der Waals surface area contributed by atoms with Gasteiger partial charge < -0.3 is 0 Å². The molecule has 2 aromatic rings. The van der Waals surface area contributed by atoms with Crippen molar-refractivity contribution in [3.05, 3.63) is 35.5 Å². The zero-order valence-corrected chi connectivity index (χ0v) is 10.4. The standard InChI is InChI=1S/C13H12ClNS/c14-12-6-7-15-13-5-4-10(8-11(12)13)16-9-2-1-3-9/h4-9H,1-3H2. The maximum atomic E-state index is 6.16. The molecule has 1 nitrogen and oxygen atoms in total. The van der Waals surface area contributed by atoms with Gasteiger partial charge in [-0.1, -0.05) is 18.0 Å². The lowest BCUT2D eigenvalue weighted by Crippen LogP contribution is -2.12. The summed E-state index contributed by atoms with van der Waals surface area (Å²) in [5, 5.41) is 2.67. The average molecular weight is 250 g/mol. The smallest absolute Gasteiger partial charge is 0.0717 e. The van der Waals surface area contributed by atoms with E-state index in [0.29, 0.717) is 0 Å². The highest BCUT2D eigenvalue weighted by atomic mass is 35.5. The molecule has 1 aromatic carbocycles. The number of aromatic nitrogens is 1. The second-order valence-electron chi connectivity index (χ2n) is 4.14. The summed E-state index contributed by atoms with van der Waals surface area (Å²) in [6.45, 7) is 0. The van der Waals surface area contributed by atoms with Gasteiger partial charge in [0.1, 0.15) is 0 Å². The maximum absolute atomic E-state index is 6.16. The summed E-state index contributed by atoms with van der Waals surface area (Å²) in [5.74, 6) is 0. The minimum Gasteiger partial charge on any atom is -0.256 e. The van der Waals surface area contributed by atoms with Crippen molar-refractivity contribution in [2.24, 2.45) is 0 Å². The lowest BCUT2D eigenvalue weighted by atomic mass is 10.00. The van der Waals surface area contributed by atoms with Crippen LogP contribution in [0.4, 0.5) is 0 Å². The molecule has 0 radical (unpaired) electrons. The minimum absolute atomic E-state index is 0.793. The Morgan fingerprint density at radius 1 is 1.25 bits per heavy atom. The van der Waals surface area contributed by atoms with Crippen LogP contribution in [-0.4, -0.2) is 10.2 Å². The highest BCUT2D eigenvalue weighted by molar-refractivity contribution is 8.00. The van der Waals surface area contributed by atoms with Gasteiger partial charge in [-0.05, 0) is 37.1 Å². The Bertz CT molecular complexity index is 522. The van der Waals surface area contributed by atoms with E-state index in [2.05, 4.69) is 23.2 Å². The molecule has 0 unspecified atom stereocenters. The molecule has 0 N–H and O–H groups in total. The number of halogens is 1. The normalized spacial score (nSPS) is 16.3. The second kappa shape index (κ2) is 4.27. The Kier molecular flexibility index (Phi) is 2.78. The number of thioether (sulfide) groups is 1. The quantitative estimate of drug-likeness (QED) is 0.776. The van der Waals surface area contributed by atoms with Gasteiger partial charge in [0.15, 0.2) is 0 Å². The van der Waals surface area contributed by atoms with E-state index in [1.54, 1.807) is 6.20 Å². The summed E-state index contributed by atoms with van der Waals surface area (Å²) >= 11 is 8.13. The lowest BCUT2D eigenvalue weighted by molar-refractivity contribution is 0.522. The summed E-state index contributed by atoms with van der Waals surface area (Å²) in [6.07, 6.45) is 5.84. The monoisotopic (exact) mass is 249 g/mol. The molecule has 82 valence electrons. The molecule has 0 amide bonds. The van der Waals surface area contributed by atoms with Gasteiger partial charge in [0.25, 0.3) is 0 Å². The SMILES string of the molecule is Clc1ccnc2ccc(SC3CCC3)cc12. The third-order valence-electron chi connectivity index (χ3n) is 3.01. The molecule has 0 bridgehead atoms. The molecule has 1 aromatic heterocycles. The number of pyridine rings is 1. The average Bonchev–Trinajstić information content (AvgIpc) is 2.24. The molecule has 16 heavy (non-hydrogen) atoms. The van der Waals surface area contributed by atoms with E-state index in [9.17, 15) is 0 Å². The van der Waals surface area contributed by atoms with Crippen LogP contribution in [0.2, 0.25) is 5.02 Å². The first-order chi connectivity index (χ1) is 7.83. The van der Waals surface area contributed by atoms with Crippen LogP contribution in [0.3, 0.4) is 0 Å². The maximum Gasteiger partial charge on any atom is 0.0717 e. The first kappa shape index (κ1) is 10.4. The van der Waals surface area contributed by atoms with Gasteiger partial charge in [-0.25, -0.2) is 0 Å². The first-order valence-electron chi connectivity index (χ1n) is 5.54. The number of hydrogen-bond donors (Lipinski definition) is 0. The fourth-order valence-electron chi connectivity index (χ4n) is 1.85. The molecule has 1 heterocycles. The van der Waals surface area contributed by atoms with Gasteiger partial charge in [0, 0.05) is 21.7 Å². The van der Waals surface area contributed by atoms with Crippen LogP contribution in [0.1, 0.15) is 19.3 Å². The summed E-state index contributed by atoms with van der Waals surface area (Å²) in [6, 6.07) is 8.21. The van der Waals surface area contributed by atoms with Gasteiger partial charge in [-0.3, -0.25) is 4.98 Å². The Morgan fingerprint density at radius 3 is 2.88 bits per heavy atom. The van der Waals surface area contributed by atoms with Crippen LogP contribution >= 0.6 is 23.4 Å². The van der Waals surface area contributed by atoms with E-state index in [1.807, 2.05) is 17.8 Å². The van der Waals surface area contributed by atoms with Crippen LogP contribution in [-0.2, 0) is 0 Å². The first-order valence-corrected chi connectivity index (χ1v) is 6.79. The van der Waals surface area contributed by atoms with Crippen molar-refractivity contribution < 1.29 is 0 Å². The molecule has 0 atom stereocenters. The predicted molar refractivity (Wildman–Crippen MR) is 70.2 cm³/mol. The molecule has 1 saturated carbocycles. The summed E-state index contributed by atoms with van der Waals surface area (Å²) in [4.78, 5) is 5.61. The lowest BCUT2D eigenvalue weighted by Gasteiger charge is -2.24. The third kappa shape index (κ3) is 1.92. The Balaban J connectivity index is 1.97. The van der Waals surface area contributed by atoms with Crippen molar-refractivity contribution in [3.8, 4) is 0 Å². The van der Waals surface area contributed by atoms with E-state index >= 15 is 0 Å². The fraction of sp³-hybridized carbons (Fsp3) is 0.308. The van der Waals surface area contributed by atoms with E-state index in [-0.39, 0.29) is 0 Å². The van der Waals surface area contributed by atoms with Crippen molar-refractivity contribution in [1.82, 2.24) is 4.98 Å². The van der Waals surface area contributed by atoms with Crippen molar-refractivity contribution >= 4 is 34.3 Å². The van der Waals surface area contributed by atoms with Gasteiger partial charge in [-0.2, -0.15) is 0 Å². The van der Waals surface area contributed by atoms with Gasteiger partial charge in [0.05, 0.1) is 10.5 Å². The number of fused-ring (bicyclic) bond motifs is 1. The zero-order valence-electron chi connectivity index (χ0n) is 8.82. The topological polar surface area (TPSA) is 12.9 Å². The molecule has 3 rings (SSSR count). The van der Waals surface area contributed by atoms with Gasteiger partial charge in [-0.15, -0.1) is 11.8 Å². The number of hydrogen-bond acceptors (Lipinski definition) is 2. The van der Waals surface area contributed by atoms with E-state index < -0.39 is 0 Å². The molecule has 0 spiro atoms. The van der Waals surface area contributed by atoms with Crippen LogP contribution in [0, 0.1) is 0 Å². The van der Waals surface area contributed by atoms with Gasteiger partial charge >= 0.3 is 0 Å². The molecule has 1 aliphatic rings. The van der Waals surface area contributed by atoms with Crippen molar-refractivity contribution in [3.63, 3.8) is 0 Å². The second-order valence-corrected chi connectivity index (χ2v) is 5.92.